The minimum Gasteiger partial charge on any atom is -0.467 e. The van der Waals surface area contributed by atoms with Crippen LogP contribution in [0.3, 0.4) is 0 Å². The monoisotopic (exact) mass is 315 g/mol. The number of carbonyl (C=O) groups excluding carboxylic acids is 2. The zero-order chi connectivity index (χ0) is 16.7. The average Bonchev–Trinajstić information content (AvgIpc) is 3.05. The van der Waals surface area contributed by atoms with Gasteiger partial charge in [0.1, 0.15) is 5.76 Å². The molecule has 6 nitrogen and oxygen atoms in total. The molecule has 1 aromatic carbocycles. The second kappa shape index (κ2) is 8.14. The van der Waals surface area contributed by atoms with Gasteiger partial charge in [0, 0.05) is 17.3 Å². The molecule has 2 rings (SSSR count). The summed E-state index contributed by atoms with van der Waals surface area (Å²) < 4.78 is 5.15. The Morgan fingerprint density at radius 1 is 1.13 bits per heavy atom. The number of carbonyl (C=O) groups is 2. The summed E-state index contributed by atoms with van der Waals surface area (Å²) in [5.74, 6) is 0.384. The summed E-state index contributed by atoms with van der Waals surface area (Å²) >= 11 is 0. The van der Waals surface area contributed by atoms with Crippen molar-refractivity contribution in [3.05, 3.63) is 54.0 Å². The van der Waals surface area contributed by atoms with Gasteiger partial charge < -0.3 is 20.4 Å². The molecule has 0 spiro atoms. The Labute approximate surface area is 135 Å². The van der Waals surface area contributed by atoms with Crippen LogP contribution in [0, 0.1) is 0 Å². The topological polar surface area (TPSA) is 83.4 Å². The van der Waals surface area contributed by atoms with E-state index in [0.717, 1.165) is 0 Å². The molecule has 0 saturated carbocycles. The van der Waals surface area contributed by atoms with E-state index in [-0.39, 0.29) is 24.4 Å². The van der Waals surface area contributed by atoms with Gasteiger partial charge in [-0.15, -0.1) is 0 Å². The number of rotatable bonds is 7. The van der Waals surface area contributed by atoms with E-state index in [4.69, 9.17) is 4.42 Å². The second-order valence-corrected chi connectivity index (χ2v) is 5.42. The molecule has 6 heteroatoms. The maximum atomic E-state index is 12.0. The first-order valence-corrected chi connectivity index (χ1v) is 7.48. The highest BCUT2D eigenvalue weighted by Crippen LogP contribution is 2.10. The van der Waals surface area contributed by atoms with Gasteiger partial charge in [-0.25, -0.2) is 0 Å². The van der Waals surface area contributed by atoms with Gasteiger partial charge in [-0.3, -0.25) is 9.59 Å². The van der Waals surface area contributed by atoms with E-state index >= 15 is 0 Å². The number of benzene rings is 1. The highest BCUT2D eigenvalue weighted by molar-refractivity contribution is 5.96. The van der Waals surface area contributed by atoms with Crippen molar-refractivity contribution in [3.63, 3.8) is 0 Å². The smallest absolute Gasteiger partial charge is 0.251 e. The lowest BCUT2D eigenvalue weighted by Gasteiger charge is -2.09. The predicted molar refractivity (Wildman–Crippen MR) is 88.1 cm³/mol. The second-order valence-electron chi connectivity index (χ2n) is 5.42. The first-order chi connectivity index (χ1) is 11.0. The molecule has 3 N–H and O–H groups in total. The van der Waals surface area contributed by atoms with Gasteiger partial charge in [-0.05, 0) is 36.4 Å². The average molecular weight is 315 g/mol. The lowest BCUT2D eigenvalue weighted by Crippen LogP contribution is -2.32. The van der Waals surface area contributed by atoms with Crippen molar-refractivity contribution in [2.45, 2.75) is 26.4 Å². The van der Waals surface area contributed by atoms with Crippen molar-refractivity contribution >= 4 is 17.5 Å². The first kappa shape index (κ1) is 16.8. The molecule has 2 amide bonds. The van der Waals surface area contributed by atoms with Crippen LogP contribution in [0.2, 0.25) is 0 Å². The van der Waals surface area contributed by atoms with Crippen molar-refractivity contribution in [1.29, 1.82) is 0 Å². The van der Waals surface area contributed by atoms with E-state index in [2.05, 4.69) is 16.0 Å². The van der Waals surface area contributed by atoms with Gasteiger partial charge in [0.05, 0.1) is 19.4 Å². The summed E-state index contributed by atoms with van der Waals surface area (Å²) in [7, 11) is 0. The van der Waals surface area contributed by atoms with Crippen molar-refractivity contribution in [2.75, 3.05) is 11.9 Å². The third kappa shape index (κ3) is 5.60. The third-order valence-electron chi connectivity index (χ3n) is 3.10. The van der Waals surface area contributed by atoms with Crippen LogP contribution in [0.25, 0.3) is 0 Å². The van der Waals surface area contributed by atoms with Gasteiger partial charge in [0.25, 0.3) is 5.91 Å². The summed E-state index contributed by atoms with van der Waals surface area (Å²) in [6.07, 6.45) is 1.56. The Morgan fingerprint density at radius 3 is 2.48 bits per heavy atom. The molecule has 2 aromatic rings. The standard InChI is InChI=1S/C17H21N3O3/c1-12(2)18-11-16(21)20-14-7-5-13(6-8-14)17(22)19-10-15-4-3-9-23-15/h3-9,12,18H,10-11H2,1-2H3,(H,19,22)(H,20,21). The van der Waals surface area contributed by atoms with Gasteiger partial charge in [-0.2, -0.15) is 0 Å². The fourth-order valence-electron chi connectivity index (χ4n) is 1.89. The molecule has 0 radical (unpaired) electrons. The zero-order valence-corrected chi connectivity index (χ0v) is 13.3. The highest BCUT2D eigenvalue weighted by Gasteiger charge is 2.07. The van der Waals surface area contributed by atoms with E-state index in [1.165, 1.54) is 0 Å². The Kier molecular flexibility index (Phi) is 5.94. The number of hydrogen-bond donors (Lipinski definition) is 3. The number of amides is 2. The van der Waals surface area contributed by atoms with E-state index < -0.39 is 0 Å². The van der Waals surface area contributed by atoms with Crippen molar-refractivity contribution in [3.8, 4) is 0 Å². The predicted octanol–water partition coefficient (Wildman–Crippen LogP) is 2.15. The van der Waals surface area contributed by atoms with Crippen molar-refractivity contribution < 1.29 is 14.0 Å². The van der Waals surface area contributed by atoms with Crippen LogP contribution in [0.4, 0.5) is 5.69 Å². The molecule has 1 aromatic heterocycles. The van der Waals surface area contributed by atoms with Crippen LogP contribution in [0.5, 0.6) is 0 Å². The van der Waals surface area contributed by atoms with Crippen LogP contribution in [-0.2, 0) is 11.3 Å². The Balaban J connectivity index is 1.83. The maximum Gasteiger partial charge on any atom is 0.251 e. The van der Waals surface area contributed by atoms with Crippen molar-refractivity contribution in [1.82, 2.24) is 10.6 Å². The van der Waals surface area contributed by atoms with E-state index in [1.807, 2.05) is 13.8 Å². The summed E-state index contributed by atoms with van der Waals surface area (Å²) in [5.41, 5.74) is 1.18. The van der Waals surface area contributed by atoms with Gasteiger partial charge >= 0.3 is 0 Å². The summed E-state index contributed by atoms with van der Waals surface area (Å²) in [6, 6.07) is 10.6. The third-order valence-corrected chi connectivity index (χ3v) is 3.10. The van der Waals surface area contributed by atoms with Gasteiger partial charge in [-0.1, -0.05) is 13.8 Å². The van der Waals surface area contributed by atoms with Crippen LogP contribution in [0.15, 0.2) is 47.1 Å². The van der Waals surface area contributed by atoms with Gasteiger partial charge in [0.15, 0.2) is 0 Å². The molecular weight excluding hydrogens is 294 g/mol. The summed E-state index contributed by atoms with van der Waals surface area (Å²) in [5, 5.41) is 8.57. The molecule has 0 aliphatic carbocycles. The normalized spacial score (nSPS) is 10.6. The number of hydrogen-bond acceptors (Lipinski definition) is 4. The fourth-order valence-corrected chi connectivity index (χ4v) is 1.89. The summed E-state index contributed by atoms with van der Waals surface area (Å²) in [4.78, 5) is 23.7. The van der Waals surface area contributed by atoms with E-state index in [1.54, 1.807) is 42.7 Å². The Bertz CT molecular complexity index is 634. The first-order valence-electron chi connectivity index (χ1n) is 7.48. The zero-order valence-electron chi connectivity index (χ0n) is 13.3. The van der Waals surface area contributed by atoms with E-state index in [0.29, 0.717) is 23.6 Å². The van der Waals surface area contributed by atoms with Crippen molar-refractivity contribution in [2.24, 2.45) is 0 Å². The minimum absolute atomic E-state index is 0.117. The number of nitrogens with one attached hydrogen (secondary N) is 3. The van der Waals surface area contributed by atoms with Crippen LogP contribution < -0.4 is 16.0 Å². The molecular formula is C17H21N3O3. The lowest BCUT2D eigenvalue weighted by molar-refractivity contribution is -0.115. The van der Waals surface area contributed by atoms with Crippen LogP contribution in [-0.4, -0.2) is 24.4 Å². The largest absolute Gasteiger partial charge is 0.467 e. The molecule has 0 aliphatic heterocycles. The maximum absolute atomic E-state index is 12.0. The molecule has 0 unspecified atom stereocenters. The molecule has 122 valence electrons. The van der Waals surface area contributed by atoms with E-state index in [9.17, 15) is 9.59 Å². The highest BCUT2D eigenvalue weighted by atomic mass is 16.3. The quantitative estimate of drug-likeness (QED) is 0.731. The summed E-state index contributed by atoms with van der Waals surface area (Å²) in [6.45, 7) is 4.54. The molecule has 0 bridgehead atoms. The fraction of sp³-hybridized carbons (Fsp3) is 0.294. The molecule has 23 heavy (non-hydrogen) atoms. The van der Waals surface area contributed by atoms with Crippen LogP contribution in [0.1, 0.15) is 30.0 Å². The van der Waals surface area contributed by atoms with Gasteiger partial charge in [0.2, 0.25) is 5.91 Å². The number of anilines is 1. The van der Waals surface area contributed by atoms with Crippen LogP contribution >= 0.6 is 0 Å². The Hall–Kier alpha value is -2.60. The number of furan rings is 1. The molecule has 0 atom stereocenters. The molecule has 0 aliphatic rings. The lowest BCUT2D eigenvalue weighted by atomic mass is 10.2. The Morgan fingerprint density at radius 2 is 1.87 bits per heavy atom. The minimum atomic E-state index is -0.194. The SMILES string of the molecule is CC(C)NCC(=O)Nc1ccc(C(=O)NCc2ccco2)cc1. The molecule has 0 fully saturated rings. The molecule has 0 saturated heterocycles. The molecule has 1 heterocycles.